The number of anilines is 1. The van der Waals surface area contributed by atoms with E-state index in [0.29, 0.717) is 19.1 Å². The topological polar surface area (TPSA) is 41.6 Å². The molecule has 0 spiro atoms. The first-order valence-corrected chi connectivity index (χ1v) is 6.98. The van der Waals surface area contributed by atoms with Crippen LogP contribution in [0.4, 0.5) is 10.1 Å². The lowest BCUT2D eigenvalue weighted by Gasteiger charge is -2.27. The fraction of sp³-hybridized carbons (Fsp3) is 0.533. The molecular weight excluding hydrogens is 259 g/mol. The van der Waals surface area contributed by atoms with Gasteiger partial charge >= 0.3 is 5.97 Å². The van der Waals surface area contributed by atoms with Gasteiger partial charge in [0, 0.05) is 24.8 Å². The van der Waals surface area contributed by atoms with E-state index in [2.05, 4.69) is 5.32 Å². The van der Waals surface area contributed by atoms with Gasteiger partial charge in [0.2, 0.25) is 0 Å². The largest absolute Gasteiger partial charge is 0.468 e. The van der Waals surface area contributed by atoms with Gasteiger partial charge in [-0.1, -0.05) is 6.07 Å². The number of rotatable bonds is 7. The molecule has 0 aromatic heterocycles. The summed E-state index contributed by atoms with van der Waals surface area (Å²) in [5.74, 6) is -0.544. The molecule has 5 heteroatoms. The molecule has 1 aromatic carbocycles. The number of methoxy groups -OCH3 is 1. The average Bonchev–Trinajstić information content (AvgIpc) is 3.26. The smallest absolute Gasteiger partial charge is 0.324 e. The van der Waals surface area contributed by atoms with E-state index in [1.807, 2.05) is 17.9 Å². The summed E-state index contributed by atoms with van der Waals surface area (Å²) < 4.78 is 18.2. The van der Waals surface area contributed by atoms with Crippen LogP contribution in [-0.4, -0.2) is 38.3 Å². The van der Waals surface area contributed by atoms with Crippen molar-refractivity contribution >= 4 is 11.7 Å². The predicted molar refractivity (Wildman–Crippen MR) is 76.2 cm³/mol. The van der Waals surface area contributed by atoms with Crippen LogP contribution in [-0.2, 0) is 9.53 Å². The van der Waals surface area contributed by atoms with E-state index in [1.165, 1.54) is 19.2 Å². The highest BCUT2D eigenvalue weighted by Gasteiger charge is 2.30. The number of carbonyl (C=O) groups is 1. The van der Waals surface area contributed by atoms with E-state index in [9.17, 15) is 9.18 Å². The number of nitrogens with one attached hydrogen (secondary N) is 1. The van der Waals surface area contributed by atoms with Crippen molar-refractivity contribution in [1.82, 2.24) is 5.32 Å². The number of carbonyl (C=O) groups excluding carboxylic acids is 1. The van der Waals surface area contributed by atoms with E-state index in [4.69, 9.17) is 4.74 Å². The number of hydrogen-bond donors (Lipinski definition) is 1. The minimum atomic E-state index is -0.379. The SMILES string of the molecule is CCN(CC(NC1CC1)C(=O)OC)c1cccc(F)c1. The zero-order valence-electron chi connectivity index (χ0n) is 11.9. The Kier molecular flexibility index (Phi) is 4.95. The van der Waals surface area contributed by atoms with Gasteiger partial charge in [0.15, 0.2) is 0 Å². The summed E-state index contributed by atoms with van der Waals surface area (Å²) in [6.07, 6.45) is 2.19. The van der Waals surface area contributed by atoms with Gasteiger partial charge < -0.3 is 15.0 Å². The Bertz CT molecular complexity index is 463. The Morgan fingerprint density at radius 2 is 2.30 bits per heavy atom. The Morgan fingerprint density at radius 3 is 2.85 bits per heavy atom. The summed E-state index contributed by atoms with van der Waals surface area (Å²) in [7, 11) is 1.39. The van der Waals surface area contributed by atoms with Gasteiger partial charge in [-0.05, 0) is 38.0 Å². The highest BCUT2D eigenvalue weighted by atomic mass is 19.1. The number of benzene rings is 1. The van der Waals surface area contributed by atoms with Crippen LogP contribution in [0.15, 0.2) is 24.3 Å². The quantitative estimate of drug-likeness (QED) is 0.775. The monoisotopic (exact) mass is 280 g/mol. The summed E-state index contributed by atoms with van der Waals surface area (Å²) >= 11 is 0. The van der Waals surface area contributed by atoms with Crippen LogP contribution in [0, 0.1) is 5.82 Å². The molecule has 1 aliphatic carbocycles. The molecule has 1 fully saturated rings. The zero-order chi connectivity index (χ0) is 14.5. The molecular formula is C15H21FN2O2. The third-order valence-corrected chi connectivity index (χ3v) is 3.46. The normalized spacial score (nSPS) is 15.8. The van der Waals surface area contributed by atoms with Gasteiger partial charge in [-0.15, -0.1) is 0 Å². The molecule has 1 saturated carbocycles. The van der Waals surface area contributed by atoms with E-state index in [-0.39, 0.29) is 17.8 Å². The average molecular weight is 280 g/mol. The van der Waals surface area contributed by atoms with Crippen LogP contribution >= 0.6 is 0 Å². The van der Waals surface area contributed by atoms with Crippen molar-refractivity contribution in [2.45, 2.75) is 31.8 Å². The van der Waals surface area contributed by atoms with E-state index >= 15 is 0 Å². The summed E-state index contributed by atoms with van der Waals surface area (Å²) in [4.78, 5) is 13.8. The van der Waals surface area contributed by atoms with Crippen LogP contribution in [0.1, 0.15) is 19.8 Å². The van der Waals surface area contributed by atoms with Crippen LogP contribution in [0.2, 0.25) is 0 Å². The highest BCUT2D eigenvalue weighted by molar-refractivity contribution is 5.76. The molecule has 1 N–H and O–H groups in total. The standard InChI is InChI=1S/C15H21FN2O2/c1-3-18(13-6-4-5-11(16)9-13)10-14(15(19)20-2)17-12-7-8-12/h4-6,9,12,14,17H,3,7-8,10H2,1-2H3. The minimum Gasteiger partial charge on any atom is -0.468 e. The summed E-state index contributed by atoms with van der Waals surface area (Å²) in [6, 6.07) is 6.44. The number of esters is 1. The van der Waals surface area contributed by atoms with Crippen molar-refractivity contribution < 1.29 is 13.9 Å². The highest BCUT2D eigenvalue weighted by Crippen LogP contribution is 2.21. The fourth-order valence-electron chi connectivity index (χ4n) is 2.18. The minimum absolute atomic E-state index is 0.272. The van der Waals surface area contributed by atoms with E-state index in [1.54, 1.807) is 6.07 Å². The van der Waals surface area contributed by atoms with Crippen LogP contribution in [0.5, 0.6) is 0 Å². The van der Waals surface area contributed by atoms with Crippen LogP contribution in [0.3, 0.4) is 0 Å². The molecule has 1 aliphatic rings. The van der Waals surface area contributed by atoms with Gasteiger partial charge in [-0.3, -0.25) is 4.79 Å². The van der Waals surface area contributed by atoms with Crippen LogP contribution in [0.25, 0.3) is 0 Å². The first kappa shape index (κ1) is 14.8. The molecule has 0 bridgehead atoms. The summed E-state index contributed by atoms with van der Waals surface area (Å²) in [5.41, 5.74) is 0.777. The number of hydrogen-bond acceptors (Lipinski definition) is 4. The molecule has 0 heterocycles. The molecule has 2 rings (SSSR count). The van der Waals surface area contributed by atoms with Crippen LogP contribution < -0.4 is 10.2 Å². The van der Waals surface area contributed by atoms with Gasteiger partial charge in [-0.25, -0.2) is 4.39 Å². The van der Waals surface area contributed by atoms with Crippen molar-refractivity contribution in [3.63, 3.8) is 0 Å². The maximum absolute atomic E-state index is 13.3. The lowest BCUT2D eigenvalue weighted by molar-refractivity contribution is -0.142. The molecule has 1 unspecified atom stereocenters. The lowest BCUT2D eigenvalue weighted by Crippen LogP contribution is -2.47. The molecule has 0 radical (unpaired) electrons. The molecule has 0 saturated heterocycles. The number of halogens is 1. The zero-order valence-corrected chi connectivity index (χ0v) is 11.9. The Hall–Kier alpha value is -1.62. The van der Waals surface area contributed by atoms with Crippen molar-refractivity contribution in [3.05, 3.63) is 30.1 Å². The van der Waals surface area contributed by atoms with Gasteiger partial charge in [0.05, 0.1) is 7.11 Å². The summed E-state index contributed by atoms with van der Waals surface area (Å²) in [5, 5.41) is 3.28. The lowest BCUT2D eigenvalue weighted by atomic mass is 10.2. The Balaban J connectivity index is 2.07. The predicted octanol–water partition coefficient (Wildman–Crippen LogP) is 1.95. The van der Waals surface area contributed by atoms with Crippen molar-refractivity contribution in [3.8, 4) is 0 Å². The second-order valence-electron chi connectivity index (χ2n) is 5.04. The molecule has 20 heavy (non-hydrogen) atoms. The maximum Gasteiger partial charge on any atom is 0.324 e. The first-order chi connectivity index (χ1) is 9.63. The molecule has 4 nitrogen and oxygen atoms in total. The van der Waals surface area contributed by atoms with Crippen molar-refractivity contribution in [2.24, 2.45) is 0 Å². The first-order valence-electron chi connectivity index (χ1n) is 6.98. The van der Waals surface area contributed by atoms with Gasteiger partial charge in [-0.2, -0.15) is 0 Å². The molecule has 0 aliphatic heterocycles. The third kappa shape index (κ3) is 3.93. The maximum atomic E-state index is 13.3. The molecule has 1 atom stereocenters. The summed E-state index contributed by atoms with van der Waals surface area (Å²) in [6.45, 7) is 3.16. The second kappa shape index (κ2) is 6.70. The number of likely N-dealkylation sites (N-methyl/N-ethyl adjacent to an activating group) is 1. The Labute approximate surface area is 118 Å². The fourth-order valence-corrected chi connectivity index (χ4v) is 2.18. The van der Waals surface area contributed by atoms with Gasteiger partial charge in [0.25, 0.3) is 0 Å². The number of ether oxygens (including phenoxy) is 1. The van der Waals surface area contributed by atoms with E-state index < -0.39 is 0 Å². The molecule has 0 amide bonds. The molecule has 1 aromatic rings. The molecule has 110 valence electrons. The van der Waals surface area contributed by atoms with Gasteiger partial charge in [0.1, 0.15) is 11.9 Å². The Morgan fingerprint density at radius 1 is 1.55 bits per heavy atom. The third-order valence-electron chi connectivity index (χ3n) is 3.46. The number of nitrogens with zero attached hydrogens (tertiary/aromatic N) is 1. The van der Waals surface area contributed by atoms with E-state index in [0.717, 1.165) is 18.5 Å². The second-order valence-corrected chi connectivity index (χ2v) is 5.04. The van der Waals surface area contributed by atoms with Crippen molar-refractivity contribution in [1.29, 1.82) is 0 Å². The van der Waals surface area contributed by atoms with Crippen molar-refractivity contribution in [2.75, 3.05) is 25.1 Å².